The predicted octanol–water partition coefficient (Wildman–Crippen LogP) is 2.95. The maximum atomic E-state index is 13.2. The number of ether oxygens (including phenoxy) is 1. The van der Waals surface area contributed by atoms with Crippen LogP contribution in [0.4, 0.5) is 4.39 Å². The molecule has 0 saturated heterocycles. The lowest BCUT2D eigenvalue weighted by Crippen LogP contribution is -2.13. The van der Waals surface area contributed by atoms with Gasteiger partial charge in [0.2, 0.25) is 0 Å². The molecule has 4 heteroatoms. The van der Waals surface area contributed by atoms with E-state index in [2.05, 4.69) is 6.07 Å². The number of hydrogen-bond donors (Lipinski definition) is 1. The third-order valence-corrected chi connectivity index (χ3v) is 3.37. The molecule has 1 atom stereocenters. The Morgan fingerprint density at radius 2 is 2.28 bits per heavy atom. The van der Waals surface area contributed by atoms with Gasteiger partial charge in [0.1, 0.15) is 11.6 Å². The van der Waals surface area contributed by atoms with Gasteiger partial charge in [0.05, 0.1) is 18.8 Å². The first-order valence-corrected chi connectivity index (χ1v) is 6.04. The zero-order valence-corrected chi connectivity index (χ0v) is 10.3. The summed E-state index contributed by atoms with van der Waals surface area (Å²) in [6, 6.07) is 6.26. The highest BCUT2D eigenvalue weighted by molar-refractivity contribution is 5.35. The molecule has 3 nitrogen and oxygen atoms in total. The highest BCUT2D eigenvalue weighted by atomic mass is 19.1. The van der Waals surface area contributed by atoms with Crippen LogP contribution in [0.3, 0.4) is 0 Å². The first-order chi connectivity index (χ1) is 8.56. The minimum absolute atomic E-state index is 0.0585. The van der Waals surface area contributed by atoms with Gasteiger partial charge in [-0.15, -0.1) is 0 Å². The van der Waals surface area contributed by atoms with Crippen LogP contribution >= 0.6 is 0 Å². The summed E-state index contributed by atoms with van der Waals surface area (Å²) in [4.78, 5) is 0. The Bertz CT molecular complexity index is 475. The van der Waals surface area contributed by atoms with Gasteiger partial charge in [-0.2, -0.15) is 5.26 Å². The fourth-order valence-electron chi connectivity index (χ4n) is 1.93. The zero-order valence-electron chi connectivity index (χ0n) is 10.3. The number of benzene rings is 1. The van der Waals surface area contributed by atoms with E-state index in [1.165, 1.54) is 18.2 Å². The van der Waals surface area contributed by atoms with Crippen molar-refractivity contribution in [2.75, 3.05) is 6.61 Å². The molecule has 1 aliphatic rings. The van der Waals surface area contributed by atoms with E-state index in [0.29, 0.717) is 24.3 Å². The monoisotopic (exact) mass is 249 g/mol. The lowest BCUT2D eigenvalue weighted by molar-refractivity contribution is 0.183. The molecule has 0 spiro atoms. The number of nitrogens with zero attached hydrogens (tertiary/aromatic N) is 1. The van der Waals surface area contributed by atoms with Crippen molar-refractivity contribution in [1.82, 2.24) is 0 Å². The topological polar surface area (TPSA) is 53.2 Å². The van der Waals surface area contributed by atoms with Crippen LogP contribution in [-0.4, -0.2) is 11.7 Å². The van der Waals surface area contributed by atoms with E-state index in [1.54, 1.807) is 6.92 Å². The molecule has 1 saturated carbocycles. The zero-order chi connectivity index (χ0) is 13.2. The second-order valence-electron chi connectivity index (χ2n) is 4.98. The van der Waals surface area contributed by atoms with Crippen molar-refractivity contribution in [2.24, 2.45) is 5.41 Å². The maximum absolute atomic E-state index is 13.2. The van der Waals surface area contributed by atoms with Crippen LogP contribution in [0.15, 0.2) is 18.2 Å². The quantitative estimate of drug-likeness (QED) is 0.872. The number of nitriles is 1. The summed E-state index contributed by atoms with van der Waals surface area (Å²) in [5.41, 5.74) is 0.515. The molecule has 0 amide bonds. The Kier molecular flexibility index (Phi) is 3.53. The van der Waals surface area contributed by atoms with Gasteiger partial charge in [0.15, 0.2) is 0 Å². The average Bonchev–Trinajstić information content (AvgIpc) is 3.07. The van der Waals surface area contributed by atoms with Gasteiger partial charge in [-0.25, -0.2) is 4.39 Å². The Morgan fingerprint density at radius 1 is 1.56 bits per heavy atom. The molecule has 0 heterocycles. The van der Waals surface area contributed by atoms with Crippen molar-refractivity contribution in [1.29, 1.82) is 5.26 Å². The molecule has 2 rings (SSSR count). The van der Waals surface area contributed by atoms with Gasteiger partial charge in [0, 0.05) is 23.5 Å². The van der Waals surface area contributed by atoms with Gasteiger partial charge in [-0.05, 0) is 31.9 Å². The lowest BCUT2D eigenvalue weighted by Gasteiger charge is -2.17. The summed E-state index contributed by atoms with van der Waals surface area (Å²) in [5.74, 6) is -0.0197. The second-order valence-corrected chi connectivity index (χ2v) is 4.98. The maximum Gasteiger partial charge on any atom is 0.128 e. The highest BCUT2D eigenvalue weighted by Crippen LogP contribution is 2.49. The van der Waals surface area contributed by atoms with Gasteiger partial charge in [-0.3, -0.25) is 0 Å². The average molecular weight is 249 g/mol. The van der Waals surface area contributed by atoms with Crippen molar-refractivity contribution >= 4 is 0 Å². The number of aliphatic hydroxyl groups excluding tert-OH is 1. The molecule has 1 fully saturated rings. The van der Waals surface area contributed by atoms with Gasteiger partial charge >= 0.3 is 0 Å². The smallest absolute Gasteiger partial charge is 0.128 e. The van der Waals surface area contributed by atoms with Crippen LogP contribution in [0.1, 0.15) is 37.9 Å². The summed E-state index contributed by atoms with van der Waals surface area (Å²) in [7, 11) is 0. The van der Waals surface area contributed by atoms with Crippen molar-refractivity contribution in [2.45, 2.75) is 32.3 Å². The van der Waals surface area contributed by atoms with Gasteiger partial charge < -0.3 is 9.84 Å². The van der Waals surface area contributed by atoms with Crippen molar-refractivity contribution < 1.29 is 14.2 Å². The Balaban J connectivity index is 2.09. The molecule has 1 aromatic carbocycles. The minimum atomic E-state index is -0.702. The lowest BCUT2D eigenvalue weighted by atomic mass is 10.1. The number of hydrogen-bond acceptors (Lipinski definition) is 3. The van der Waals surface area contributed by atoms with Crippen LogP contribution in [0, 0.1) is 22.6 Å². The number of halogens is 1. The summed E-state index contributed by atoms with van der Waals surface area (Å²) in [6.07, 6.45) is 1.71. The summed E-state index contributed by atoms with van der Waals surface area (Å²) < 4.78 is 18.8. The third kappa shape index (κ3) is 2.80. The Morgan fingerprint density at radius 3 is 2.83 bits per heavy atom. The SMILES string of the molecule is CC(O)c1ccc(F)cc1OCC1(CC#N)CC1. The molecule has 96 valence electrons. The van der Waals surface area contributed by atoms with Gasteiger partial charge in [-0.1, -0.05) is 0 Å². The van der Waals surface area contributed by atoms with E-state index in [-0.39, 0.29) is 11.2 Å². The van der Waals surface area contributed by atoms with E-state index >= 15 is 0 Å². The summed E-state index contributed by atoms with van der Waals surface area (Å²) in [6.45, 7) is 2.02. The normalized spacial score (nSPS) is 17.9. The standard InChI is InChI=1S/C14H16FNO2/c1-10(17)12-3-2-11(15)8-13(12)18-9-14(4-5-14)6-7-16/h2-3,8,10,17H,4-6,9H2,1H3. The first kappa shape index (κ1) is 12.8. The van der Waals surface area contributed by atoms with Crippen LogP contribution in [-0.2, 0) is 0 Å². The van der Waals surface area contributed by atoms with E-state index in [9.17, 15) is 9.50 Å². The van der Waals surface area contributed by atoms with Crippen molar-refractivity contribution in [3.8, 4) is 11.8 Å². The molecule has 18 heavy (non-hydrogen) atoms. The minimum Gasteiger partial charge on any atom is -0.492 e. The molecule has 0 aromatic heterocycles. The largest absolute Gasteiger partial charge is 0.492 e. The summed E-state index contributed by atoms with van der Waals surface area (Å²) >= 11 is 0. The molecule has 1 aliphatic carbocycles. The fraction of sp³-hybridized carbons (Fsp3) is 0.500. The van der Waals surface area contributed by atoms with Crippen LogP contribution in [0.2, 0.25) is 0 Å². The molecule has 0 radical (unpaired) electrons. The molecular weight excluding hydrogens is 233 g/mol. The van der Waals surface area contributed by atoms with E-state index in [1.807, 2.05) is 0 Å². The van der Waals surface area contributed by atoms with E-state index in [0.717, 1.165) is 12.8 Å². The van der Waals surface area contributed by atoms with Gasteiger partial charge in [0.25, 0.3) is 0 Å². The van der Waals surface area contributed by atoms with E-state index < -0.39 is 6.10 Å². The molecule has 0 bridgehead atoms. The molecular formula is C14H16FNO2. The Hall–Kier alpha value is -1.60. The number of aliphatic hydroxyl groups is 1. The Labute approximate surface area is 106 Å². The predicted molar refractivity (Wildman–Crippen MR) is 64.4 cm³/mol. The van der Waals surface area contributed by atoms with Crippen LogP contribution in [0.5, 0.6) is 5.75 Å². The highest BCUT2D eigenvalue weighted by Gasteiger charge is 2.43. The number of rotatable bonds is 5. The van der Waals surface area contributed by atoms with Crippen molar-refractivity contribution in [3.63, 3.8) is 0 Å². The second kappa shape index (κ2) is 4.95. The first-order valence-electron chi connectivity index (χ1n) is 6.04. The third-order valence-electron chi connectivity index (χ3n) is 3.37. The van der Waals surface area contributed by atoms with Crippen molar-refractivity contribution in [3.05, 3.63) is 29.6 Å². The van der Waals surface area contributed by atoms with Crippen LogP contribution in [0.25, 0.3) is 0 Å². The van der Waals surface area contributed by atoms with Crippen LogP contribution < -0.4 is 4.74 Å². The molecule has 1 unspecified atom stereocenters. The van der Waals surface area contributed by atoms with E-state index in [4.69, 9.17) is 10.00 Å². The molecule has 0 aliphatic heterocycles. The molecule has 1 N–H and O–H groups in total. The molecule has 1 aromatic rings. The fourth-order valence-corrected chi connectivity index (χ4v) is 1.93. The summed E-state index contributed by atoms with van der Waals surface area (Å²) in [5, 5.41) is 18.3.